The lowest BCUT2D eigenvalue weighted by Crippen LogP contribution is -2.40. The first kappa shape index (κ1) is 14.6. The molecule has 1 fully saturated rings. The van der Waals surface area contributed by atoms with E-state index in [4.69, 9.17) is 10.9 Å². The maximum atomic E-state index is 9.07. The van der Waals surface area contributed by atoms with Crippen LogP contribution in [0.25, 0.3) is 10.2 Å². The molecular weight excluding hydrogens is 286 g/mol. The quantitative estimate of drug-likeness (QED) is 0.533. The minimum absolute atomic E-state index is 0.226. The average Bonchev–Trinajstić information content (AvgIpc) is 2.90. The summed E-state index contributed by atoms with van der Waals surface area (Å²) in [6.45, 7) is 1.83. The largest absolute Gasteiger partial charge is 0.396 e. The molecule has 2 heterocycles. The number of nitrogens with one attached hydrogen (secondary N) is 1. The smallest absolute Gasteiger partial charge is 0.152 e. The van der Waals surface area contributed by atoms with Gasteiger partial charge in [0.2, 0.25) is 0 Å². The number of aliphatic hydroxyl groups is 1. The van der Waals surface area contributed by atoms with Crippen molar-refractivity contribution in [1.82, 2.24) is 14.9 Å². The highest BCUT2D eigenvalue weighted by Gasteiger charge is 2.25. The molecule has 114 valence electrons. The van der Waals surface area contributed by atoms with Crippen LogP contribution >= 0.6 is 11.3 Å². The summed E-state index contributed by atoms with van der Waals surface area (Å²) >= 11 is 1.60. The van der Waals surface area contributed by atoms with E-state index in [2.05, 4.69) is 20.3 Å². The molecule has 0 atom stereocenters. The van der Waals surface area contributed by atoms with Crippen molar-refractivity contribution in [3.05, 3.63) is 17.3 Å². The highest BCUT2D eigenvalue weighted by molar-refractivity contribution is 7.16. The number of nitrogen functional groups attached to an aromatic ring is 1. The van der Waals surface area contributed by atoms with Crippen molar-refractivity contribution in [2.45, 2.75) is 38.3 Å². The Kier molecular flexibility index (Phi) is 4.64. The summed E-state index contributed by atoms with van der Waals surface area (Å²) < 4.78 is 0. The summed E-state index contributed by atoms with van der Waals surface area (Å²) in [6, 6.07) is 2.59. The fraction of sp³-hybridized carbons (Fsp3) is 0.571. The van der Waals surface area contributed by atoms with Gasteiger partial charge in [-0.1, -0.05) is 6.42 Å². The molecule has 2 aromatic heterocycles. The second kappa shape index (κ2) is 6.65. The molecule has 0 aliphatic heterocycles. The van der Waals surface area contributed by atoms with E-state index in [-0.39, 0.29) is 6.61 Å². The van der Waals surface area contributed by atoms with Crippen molar-refractivity contribution in [2.75, 3.05) is 18.6 Å². The first-order valence-corrected chi connectivity index (χ1v) is 8.25. The van der Waals surface area contributed by atoms with Crippen molar-refractivity contribution in [2.24, 2.45) is 5.84 Å². The van der Waals surface area contributed by atoms with Crippen molar-refractivity contribution in [3.63, 3.8) is 0 Å². The molecule has 2 aromatic rings. The van der Waals surface area contributed by atoms with Gasteiger partial charge in [-0.3, -0.25) is 4.90 Å². The van der Waals surface area contributed by atoms with Crippen LogP contribution in [0.4, 0.5) is 5.82 Å². The summed E-state index contributed by atoms with van der Waals surface area (Å²) in [5.74, 6) is 7.05. The minimum Gasteiger partial charge on any atom is -0.396 e. The lowest BCUT2D eigenvalue weighted by atomic mass is 9.91. The summed E-state index contributed by atoms with van der Waals surface area (Å²) in [5.41, 5.74) is 2.67. The minimum atomic E-state index is 0.226. The number of rotatable bonds is 7. The monoisotopic (exact) mass is 307 g/mol. The third kappa shape index (κ3) is 3.16. The number of anilines is 1. The fourth-order valence-corrected chi connectivity index (χ4v) is 3.46. The van der Waals surface area contributed by atoms with Gasteiger partial charge in [0.1, 0.15) is 10.7 Å². The summed E-state index contributed by atoms with van der Waals surface area (Å²) in [4.78, 5) is 12.5. The van der Waals surface area contributed by atoms with Crippen LogP contribution in [0.3, 0.4) is 0 Å². The molecule has 0 saturated heterocycles. The highest BCUT2D eigenvalue weighted by Crippen LogP contribution is 2.28. The Bertz CT molecular complexity index is 598. The lowest BCUT2D eigenvalue weighted by molar-refractivity contribution is 0.107. The summed E-state index contributed by atoms with van der Waals surface area (Å²) in [5, 5.41) is 12.0. The van der Waals surface area contributed by atoms with Gasteiger partial charge in [0.05, 0.1) is 11.9 Å². The lowest BCUT2D eigenvalue weighted by Gasteiger charge is -2.37. The maximum Gasteiger partial charge on any atom is 0.152 e. The molecule has 0 aromatic carbocycles. The van der Waals surface area contributed by atoms with Crippen LogP contribution in [-0.4, -0.2) is 39.2 Å². The molecule has 0 spiro atoms. The zero-order chi connectivity index (χ0) is 14.7. The van der Waals surface area contributed by atoms with Crippen molar-refractivity contribution < 1.29 is 5.11 Å². The molecule has 1 aliphatic carbocycles. The van der Waals surface area contributed by atoms with Crippen LogP contribution in [0.5, 0.6) is 0 Å². The van der Waals surface area contributed by atoms with Gasteiger partial charge in [-0.05, 0) is 30.7 Å². The predicted octanol–water partition coefficient (Wildman–Crippen LogP) is 1.71. The number of thiophene rings is 1. The number of aromatic nitrogens is 2. The van der Waals surface area contributed by atoms with Gasteiger partial charge in [0, 0.05) is 19.2 Å². The molecule has 0 unspecified atom stereocenters. The molecular formula is C14H21N5OS. The van der Waals surface area contributed by atoms with Gasteiger partial charge in [-0.15, -0.1) is 11.3 Å². The van der Waals surface area contributed by atoms with E-state index in [1.807, 2.05) is 11.4 Å². The zero-order valence-corrected chi connectivity index (χ0v) is 12.8. The van der Waals surface area contributed by atoms with Gasteiger partial charge in [0.15, 0.2) is 5.82 Å². The third-order valence-electron chi connectivity index (χ3n) is 4.05. The SMILES string of the molecule is NNc1nc(CN(CCCO)C2CCC2)nc2sccc12. The highest BCUT2D eigenvalue weighted by atomic mass is 32.1. The molecule has 1 saturated carbocycles. The molecule has 7 heteroatoms. The number of nitrogens with zero attached hydrogens (tertiary/aromatic N) is 3. The second-order valence-electron chi connectivity index (χ2n) is 5.40. The number of hydrogen-bond acceptors (Lipinski definition) is 7. The van der Waals surface area contributed by atoms with E-state index in [0.29, 0.717) is 18.4 Å². The molecule has 1 aliphatic rings. The Morgan fingerprint density at radius 2 is 2.29 bits per heavy atom. The molecule has 0 bridgehead atoms. The van der Waals surface area contributed by atoms with Gasteiger partial charge < -0.3 is 10.5 Å². The number of aliphatic hydroxyl groups excluding tert-OH is 1. The van der Waals surface area contributed by atoms with Crippen molar-refractivity contribution in [1.29, 1.82) is 0 Å². The normalized spacial score (nSPS) is 15.6. The molecule has 0 radical (unpaired) electrons. The van der Waals surface area contributed by atoms with Gasteiger partial charge in [-0.2, -0.15) is 0 Å². The van der Waals surface area contributed by atoms with Crippen molar-refractivity contribution in [3.8, 4) is 0 Å². The summed E-state index contributed by atoms with van der Waals surface area (Å²) in [6.07, 6.45) is 4.55. The van der Waals surface area contributed by atoms with Gasteiger partial charge in [-0.25, -0.2) is 15.8 Å². The second-order valence-corrected chi connectivity index (χ2v) is 6.30. The van der Waals surface area contributed by atoms with E-state index in [0.717, 1.165) is 29.0 Å². The molecule has 3 rings (SSSR count). The number of hydrogen-bond donors (Lipinski definition) is 3. The topological polar surface area (TPSA) is 87.3 Å². The van der Waals surface area contributed by atoms with Crippen LogP contribution in [0.15, 0.2) is 11.4 Å². The molecule has 0 amide bonds. The van der Waals surface area contributed by atoms with E-state index in [1.165, 1.54) is 19.3 Å². The zero-order valence-electron chi connectivity index (χ0n) is 12.0. The van der Waals surface area contributed by atoms with Crippen LogP contribution in [0.1, 0.15) is 31.5 Å². The van der Waals surface area contributed by atoms with Crippen molar-refractivity contribution >= 4 is 27.4 Å². The van der Waals surface area contributed by atoms with Crippen LogP contribution in [0, 0.1) is 0 Å². The fourth-order valence-electron chi connectivity index (χ4n) is 2.68. The maximum absolute atomic E-state index is 9.07. The number of nitrogens with two attached hydrogens (primary N) is 1. The Morgan fingerprint density at radius 1 is 1.43 bits per heavy atom. The molecule has 6 nitrogen and oxygen atoms in total. The Balaban J connectivity index is 1.80. The van der Waals surface area contributed by atoms with E-state index in [9.17, 15) is 0 Å². The molecule has 4 N–H and O–H groups in total. The van der Waals surface area contributed by atoms with E-state index < -0.39 is 0 Å². The number of hydrazine groups is 1. The van der Waals surface area contributed by atoms with Gasteiger partial charge in [0.25, 0.3) is 0 Å². The Morgan fingerprint density at radius 3 is 2.95 bits per heavy atom. The molecule has 21 heavy (non-hydrogen) atoms. The van der Waals surface area contributed by atoms with Gasteiger partial charge >= 0.3 is 0 Å². The first-order chi connectivity index (χ1) is 10.3. The van der Waals surface area contributed by atoms with E-state index >= 15 is 0 Å². The Labute approximate surface area is 128 Å². The number of fused-ring (bicyclic) bond motifs is 1. The van der Waals surface area contributed by atoms with E-state index in [1.54, 1.807) is 11.3 Å². The predicted molar refractivity (Wildman–Crippen MR) is 85.0 cm³/mol. The average molecular weight is 307 g/mol. The standard InChI is InChI=1S/C14H21N5OS/c15-18-13-11-5-8-21-14(11)17-12(16-13)9-19(6-2-7-20)10-3-1-4-10/h5,8,10,20H,1-4,6-7,9,15H2,(H,16,17,18). The third-order valence-corrected chi connectivity index (χ3v) is 4.85. The van der Waals surface area contributed by atoms with Crippen LogP contribution < -0.4 is 11.3 Å². The summed E-state index contributed by atoms with van der Waals surface area (Å²) in [7, 11) is 0. The van der Waals surface area contributed by atoms with Crippen LogP contribution in [0.2, 0.25) is 0 Å². The Hall–Kier alpha value is -1.28. The first-order valence-electron chi connectivity index (χ1n) is 7.37. The van der Waals surface area contributed by atoms with Crippen LogP contribution in [-0.2, 0) is 6.54 Å².